The molecule has 3 nitrogen and oxygen atoms in total. The van der Waals surface area contributed by atoms with E-state index in [4.69, 9.17) is 5.73 Å². The lowest BCUT2D eigenvalue weighted by atomic mass is 9.95. The zero-order valence-electron chi connectivity index (χ0n) is 10.6. The minimum absolute atomic E-state index is 0.484. The van der Waals surface area contributed by atoms with E-state index < -0.39 is 0 Å². The molecule has 92 valence electrons. The molecule has 0 spiro atoms. The molecule has 0 saturated carbocycles. The van der Waals surface area contributed by atoms with Crippen molar-refractivity contribution >= 4 is 5.84 Å². The highest BCUT2D eigenvalue weighted by atomic mass is 14.9. The van der Waals surface area contributed by atoms with Gasteiger partial charge >= 0.3 is 0 Å². The van der Waals surface area contributed by atoms with Gasteiger partial charge in [0.15, 0.2) is 11.9 Å². The van der Waals surface area contributed by atoms with Crippen LogP contribution in [0.5, 0.6) is 0 Å². The second kappa shape index (κ2) is 5.80. The van der Waals surface area contributed by atoms with Crippen LogP contribution in [0, 0.1) is 5.92 Å². The number of hydrogen-bond donors (Lipinski definition) is 1. The SMILES string of the molecule is C[n+]1ccccc1CCC1CCCCN=C1N. The van der Waals surface area contributed by atoms with Gasteiger partial charge in [-0.05, 0) is 19.3 Å². The molecule has 0 amide bonds. The summed E-state index contributed by atoms with van der Waals surface area (Å²) in [4.78, 5) is 4.43. The van der Waals surface area contributed by atoms with Crippen molar-refractivity contribution in [3.63, 3.8) is 0 Å². The van der Waals surface area contributed by atoms with Gasteiger partial charge in [-0.3, -0.25) is 4.99 Å². The molecular weight excluding hydrogens is 210 g/mol. The average Bonchev–Trinajstić information content (AvgIpc) is 2.53. The van der Waals surface area contributed by atoms with Crippen LogP contribution < -0.4 is 10.3 Å². The molecule has 1 unspecified atom stereocenters. The van der Waals surface area contributed by atoms with Crippen LogP contribution >= 0.6 is 0 Å². The van der Waals surface area contributed by atoms with E-state index in [-0.39, 0.29) is 0 Å². The van der Waals surface area contributed by atoms with Crippen molar-refractivity contribution in [3.05, 3.63) is 30.1 Å². The van der Waals surface area contributed by atoms with Crippen molar-refractivity contribution in [2.75, 3.05) is 6.54 Å². The number of nitrogens with two attached hydrogens (primary N) is 1. The second-order valence-corrected chi connectivity index (χ2v) is 4.84. The Kier molecular flexibility index (Phi) is 4.13. The van der Waals surface area contributed by atoms with Crippen molar-refractivity contribution in [1.29, 1.82) is 0 Å². The van der Waals surface area contributed by atoms with Gasteiger partial charge in [0.25, 0.3) is 0 Å². The number of pyridine rings is 1. The van der Waals surface area contributed by atoms with E-state index in [1.54, 1.807) is 0 Å². The monoisotopic (exact) mass is 232 g/mol. The highest BCUT2D eigenvalue weighted by Crippen LogP contribution is 2.18. The molecule has 2 N–H and O–H groups in total. The molecule has 1 aromatic rings. The quantitative estimate of drug-likeness (QED) is 0.790. The maximum Gasteiger partial charge on any atom is 0.181 e. The van der Waals surface area contributed by atoms with E-state index >= 15 is 0 Å². The molecule has 0 saturated heterocycles. The molecule has 0 radical (unpaired) electrons. The first kappa shape index (κ1) is 12.1. The van der Waals surface area contributed by atoms with Gasteiger partial charge < -0.3 is 5.73 Å². The Hall–Kier alpha value is -1.38. The molecule has 0 bridgehead atoms. The number of hydrogen-bond acceptors (Lipinski definition) is 2. The number of aliphatic imine (C=N–C) groups is 1. The molecule has 0 fully saturated rings. The van der Waals surface area contributed by atoms with Gasteiger partial charge in [-0.2, -0.15) is 0 Å². The standard InChI is InChI=1S/C14H22N3/c1-17-11-5-3-7-13(17)9-8-12-6-2-4-10-16-14(12)15/h3,5,7,11-12H,2,4,6,8-10H2,1H3,(H2,15,16)/q+1. The zero-order chi connectivity index (χ0) is 12.1. The van der Waals surface area contributed by atoms with Crippen LogP contribution in [0.2, 0.25) is 0 Å². The topological polar surface area (TPSA) is 42.3 Å². The molecule has 0 aromatic carbocycles. The van der Waals surface area contributed by atoms with E-state index in [0.29, 0.717) is 5.92 Å². The lowest BCUT2D eigenvalue weighted by molar-refractivity contribution is -0.679. The number of aryl methyl sites for hydroxylation is 2. The maximum absolute atomic E-state index is 6.02. The number of rotatable bonds is 3. The molecule has 2 rings (SSSR count). The summed E-state index contributed by atoms with van der Waals surface area (Å²) >= 11 is 0. The van der Waals surface area contributed by atoms with Gasteiger partial charge in [0.2, 0.25) is 0 Å². The van der Waals surface area contributed by atoms with Crippen LogP contribution in [0.3, 0.4) is 0 Å². The summed E-state index contributed by atoms with van der Waals surface area (Å²) < 4.78 is 2.18. The third-order valence-corrected chi connectivity index (χ3v) is 3.58. The molecule has 0 aliphatic carbocycles. The Morgan fingerprint density at radius 3 is 3.12 bits per heavy atom. The van der Waals surface area contributed by atoms with Crippen LogP contribution in [0.15, 0.2) is 29.4 Å². The number of amidine groups is 1. The third-order valence-electron chi connectivity index (χ3n) is 3.58. The zero-order valence-corrected chi connectivity index (χ0v) is 10.6. The summed E-state index contributed by atoms with van der Waals surface area (Å²) in [5.41, 5.74) is 7.39. The first-order valence-corrected chi connectivity index (χ1v) is 6.50. The first-order chi connectivity index (χ1) is 8.27. The Bertz CT molecular complexity index is 398. The van der Waals surface area contributed by atoms with E-state index in [1.807, 2.05) is 0 Å². The van der Waals surface area contributed by atoms with Crippen molar-refractivity contribution in [3.8, 4) is 0 Å². The van der Waals surface area contributed by atoms with Gasteiger partial charge in [-0.1, -0.05) is 12.5 Å². The maximum atomic E-state index is 6.02. The van der Waals surface area contributed by atoms with Crippen LogP contribution in [0.25, 0.3) is 0 Å². The van der Waals surface area contributed by atoms with Gasteiger partial charge in [-0.25, -0.2) is 4.57 Å². The predicted octanol–water partition coefficient (Wildman–Crippen LogP) is 1.60. The second-order valence-electron chi connectivity index (χ2n) is 4.84. The van der Waals surface area contributed by atoms with Gasteiger partial charge in [-0.15, -0.1) is 0 Å². The molecule has 1 aromatic heterocycles. The lowest BCUT2D eigenvalue weighted by Crippen LogP contribution is -2.33. The summed E-state index contributed by atoms with van der Waals surface area (Å²) in [6.07, 6.45) is 7.95. The Labute approximate surface area is 103 Å². The largest absolute Gasteiger partial charge is 0.387 e. The minimum Gasteiger partial charge on any atom is -0.387 e. The van der Waals surface area contributed by atoms with Crippen LogP contribution in [0.1, 0.15) is 31.4 Å². The molecule has 3 heteroatoms. The summed E-state index contributed by atoms with van der Waals surface area (Å²) in [5, 5.41) is 0. The molecule has 1 aliphatic rings. The smallest absolute Gasteiger partial charge is 0.181 e. The normalized spacial score (nSPS) is 20.8. The summed E-state index contributed by atoms with van der Waals surface area (Å²) in [7, 11) is 2.10. The van der Waals surface area contributed by atoms with Gasteiger partial charge in [0.1, 0.15) is 7.05 Å². The van der Waals surface area contributed by atoms with Crippen molar-refractivity contribution in [1.82, 2.24) is 0 Å². The van der Waals surface area contributed by atoms with E-state index in [1.165, 1.54) is 25.0 Å². The Morgan fingerprint density at radius 1 is 1.41 bits per heavy atom. The van der Waals surface area contributed by atoms with Gasteiger partial charge in [0.05, 0.1) is 5.84 Å². The average molecular weight is 232 g/mol. The lowest BCUT2D eigenvalue weighted by Gasteiger charge is -2.13. The number of nitrogens with zero attached hydrogens (tertiary/aromatic N) is 2. The van der Waals surface area contributed by atoms with Gasteiger partial charge in [0, 0.05) is 31.0 Å². The Morgan fingerprint density at radius 2 is 2.29 bits per heavy atom. The molecule has 1 aliphatic heterocycles. The summed E-state index contributed by atoms with van der Waals surface area (Å²) in [5.74, 6) is 1.36. The third kappa shape index (κ3) is 3.29. The van der Waals surface area contributed by atoms with Crippen LogP contribution in [-0.4, -0.2) is 12.4 Å². The first-order valence-electron chi connectivity index (χ1n) is 6.50. The fraction of sp³-hybridized carbons (Fsp3) is 0.571. The van der Waals surface area contributed by atoms with Crippen molar-refractivity contribution in [2.24, 2.45) is 23.7 Å². The van der Waals surface area contributed by atoms with Crippen LogP contribution in [0.4, 0.5) is 0 Å². The minimum atomic E-state index is 0.484. The van der Waals surface area contributed by atoms with E-state index in [2.05, 4.69) is 41.0 Å². The highest BCUT2D eigenvalue weighted by Gasteiger charge is 2.17. The molecule has 1 atom stereocenters. The highest BCUT2D eigenvalue weighted by molar-refractivity contribution is 5.82. The summed E-state index contributed by atoms with van der Waals surface area (Å²) in [6, 6.07) is 6.34. The fourth-order valence-corrected chi connectivity index (χ4v) is 2.42. The predicted molar refractivity (Wildman–Crippen MR) is 69.8 cm³/mol. The van der Waals surface area contributed by atoms with E-state index in [9.17, 15) is 0 Å². The van der Waals surface area contributed by atoms with Crippen molar-refractivity contribution in [2.45, 2.75) is 32.1 Å². The molecular formula is C14H22N3+. The molecule has 2 heterocycles. The molecule has 17 heavy (non-hydrogen) atoms. The van der Waals surface area contributed by atoms with Crippen LogP contribution in [-0.2, 0) is 13.5 Å². The summed E-state index contributed by atoms with van der Waals surface area (Å²) in [6.45, 7) is 0.918. The number of aromatic nitrogens is 1. The van der Waals surface area contributed by atoms with Crippen molar-refractivity contribution < 1.29 is 4.57 Å². The Balaban J connectivity index is 1.95. The van der Waals surface area contributed by atoms with E-state index in [0.717, 1.165) is 25.2 Å². The fourth-order valence-electron chi connectivity index (χ4n) is 2.42.